The lowest BCUT2D eigenvalue weighted by Gasteiger charge is -2.14. The molecule has 0 spiro atoms. The minimum absolute atomic E-state index is 0.0515. The van der Waals surface area contributed by atoms with Gasteiger partial charge >= 0.3 is 0 Å². The summed E-state index contributed by atoms with van der Waals surface area (Å²) in [7, 11) is 0. The van der Waals surface area contributed by atoms with Gasteiger partial charge in [-0.15, -0.1) is 10.2 Å². The molecule has 0 bridgehead atoms. The van der Waals surface area contributed by atoms with Crippen LogP contribution in [-0.2, 0) is 11.2 Å². The molecule has 0 aliphatic carbocycles. The number of hydrogen-bond donors (Lipinski definition) is 1. The van der Waals surface area contributed by atoms with Crippen LogP contribution in [0.3, 0.4) is 0 Å². The first-order valence-electron chi connectivity index (χ1n) is 7.54. The number of carbonyl (C=O) groups is 1. The van der Waals surface area contributed by atoms with E-state index in [2.05, 4.69) is 52.2 Å². The zero-order chi connectivity index (χ0) is 16.8. The summed E-state index contributed by atoms with van der Waals surface area (Å²) < 4.78 is 6.66. The number of benzene rings is 1. The highest BCUT2D eigenvalue weighted by molar-refractivity contribution is 9.10. The van der Waals surface area contributed by atoms with Crippen LogP contribution in [0.2, 0.25) is 0 Å². The molecule has 0 aliphatic heterocycles. The monoisotopic (exact) mass is 397 g/mol. The van der Waals surface area contributed by atoms with E-state index in [1.54, 1.807) is 0 Å². The molecule has 2 aromatic rings. The Morgan fingerprint density at radius 2 is 2.17 bits per heavy atom. The molecule has 1 heterocycles. The standard InChI is InChI=1S/C16H20BrN3O2S/c1-4-5-15-19-20-16(23-15)18-14(21)9-22-13-7-6-11(17)8-12(13)10(2)3/h6-8,10H,4-5,9H2,1-3H3,(H,18,20,21). The van der Waals surface area contributed by atoms with Crippen molar-refractivity contribution in [2.45, 2.75) is 39.5 Å². The number of nitrogens with zero attached hydrogens (tertiary/aromatic N) is 2. The molecule has 1 aromatic heterocycles. The number of halogens is 1. The zero-order valence-corrected chi connectivity index (χ0v) is 15.8. The van der Waals surface area contributed by atoms with Gasteiger partial charge in [-0.3, -0.25) is 10.1 Å². The summed E-state index contributed by atoms with van der Waals surface area (Å²) in [5.41, 5.74) is 1.06. The van der Waals surface area contributed by atoms with E-state index >= 15 is 0 Å². The van der Waals surface area contributed by atoms with Crippen LogP contribution in [0.5, 0.6) is 5.75 Å². The molecule has 0 saturated carbocycles. The summed E-state index contributed by atoms with van der Waals surface area (Å²) in [6.07, 6.45) is 1.88. The van der Waals surface area contributed by atoms with Crippen molar-refractivity contribution in [3.05, 3.63) is 33.2 Å². The quantitative estimate of drug-likeness (QED) is 0.751. The van der Waals surface area contributed by atoms with E-state index < -0.39 is 0 Å². The molecule has 124 valence electrons. The number of anilines is 1. The number of carbonyl (C=O) groups excluding carboxylic acids is 1. The number of nitrogens with one attached hydrogen (secondary N) is 1. The maximum absolute atomic E-state index is 12.0. The lowest BCUT2D eigenvalue weighted by atomic mass is 10.0. The van der Waals surface area contributed by atoms with E-state index in [4.69, 9.17) is 4.74 Å². The van der Waals surface area contributed by atoms with Crippen LogP contribution in [-0.4, -0.2) is 22.7 Å². The fourth-order valence-electron chi connectivity index (χ4n) is 2.02. The number of aromatic nitrogens is 2. The number of amides is 1. The smallest absolute Gasteiger partial charge is 0.264 e. The highest BCUT2D eigenvalue weighted by atomic mass is 79.9. The van der Waals surface area contributed by atoms with Crippen molar-refractivity contribution in [2.75, 3.05) is 11.9 Å². The van der Waals surface area contributed by atoms with Gasteiger partial charge in [0.15, 0.2) is 6.61 Å². The molecular formula is C16H20BrN3O2S. The van der Waals surface area contributed by atoms with E-state index in [-0.39, 0.29) is 12.5 Å². The highest BCUT2D eigenvalue weighted by Crippen LogP contribution is 2.29. The van der Waals surface area contributed by atoms with Gasteiger partial charge in [-0.25, -0.2) is 0 Å². The number of rotatable bonds is 7. The van der Waals surface area contributed by atoms with Gasteiger partial charge in [0.1, 0.15) is 10.8 Å². The summed E-state index contributed by atoms with van der Waals surface area (Å²) in [5, 5.41) is 12.2. The third-order valence-corrected chi connectivity index (χ3v) is 4.52. The number of ether oxygens (including phenoxy) is 1. The average molecular weight is 398 g/mol. The number of aryl methyl sites for hydroxylation is 1. The maximum Gasteiger partial charge on any atom is 0.264 e. The molecule has 23 heavy (non-hydrogen) atoms. The van der Waals surface area contributed by atoms with Gasteiger partial charge in [-0.1, -0.05) is 48.0 Å². The lowest BCUT2D eigenvalue weighted by Crippen LogP contribution is -2.20. The molecule has 0 saturated heterocycles. The Balaban J connectivity index is 1.93. The Morgan fingerprint density at radius 1 is 1.39 bits per heavy atom. The second-order valence-electron chi connectivity index (χ2n) is 5.42. The molecule has 0 unspecified atom stereocenters. The second-order valence-corrected chi connectivity index (χ2v) is 7.40. The molecule has 5 nitrogen and oxygen atoms in total. The molecule has 0 aliphatic rings. The van der Waals surface area contributed by atoms with Crippen molar-refractivity contribution < 1.29 is 9.53 Å². The van der Waals surface area contributed by atoms with Gasteiger partial charge in [0, 0.05) is 10.9 Å². The first-order chi connectivity index (χ1) is 11.0. The minimum atomic E-state index is -0.234. The predicted molar refractivity (Wildman–Crippen MR) is 96.3 cm³/mol. The van der Waals surface area contributed by atoms with Crippen LogP contribution in [0.15, 0.2) is 22.7 Å². The molecular weight excluding hydrogens is 378 g/mol. The van der Waals surface area contributed by atoms with Crippen LogP contribution in [0.1, 0.15) is 43.7 Å². The SMILES string of the molecule is CCCc1nnc(NC(=O)COc2ccc(Br)cc2C(C)C)s1. The van der Waals surface area contributed by atoms with E-state index in [1.807, 2.05) is 18.2 Å². The van der Waals surface area contributed by atoms with Crippen molar-refractivity contribution in [1.82, 2.24) is 10.2 Å². The van der Waals surface area contributed by atoms with Crippen LogP contribution < -0.4 is 10.1 Å². The van der Waals surface area contributed by atoms with Crippen LogP contribution in [0.4, 0.5) is 5.13 Å². The molecule has 2 rings (SSSR count). The molecule has 7 heteroatoms. The first-order valence-corrected chi connectivity index (χ1v) is 9.15. The fraction of sp³-hybridized carbons (Fsp3) is 0.438. The topological polar surface area (TPSA) is 64.1 Å². The fourth-order valence-corrected chi connectivity index (χ4v) is 3.26. The Kier molecular flexibility index (Phi) is 6.53. The van der Waals surface area contributed by atoms with Crippen LogP contribution in [0.25, 0.3) is 0 Å². The molecule has 1 amide bonds. The predicted octanol–water partition coefficient (Wildman–Crippen LogP) is 4.39. The van der Waals surface area contributed by atoms with E-state index in [0.29, 0.717) is 11.0 Å². The summed E-state index contributed by atoms with van der Waals surface area (Å²) in [6.45, 7) is 6.21. The van der Waals surface area contributed by atoms with E-state index in [9.17, 15) is 4.79 Å². The molecule has 0 atom stereocenters. The Bertz CT molecular complexity index is 673. The summed E-state index contributed by atoms with van der Waals surface area (Å²) in [6, 6.07) is 5.79. The Hall–Kier alpha value is -1.47. The third kappa shape index (κ3) is 5.28. The normalized spacial score (nSPS) is 10.8. The largest absolute Gasteiger partial charge is 0.483 e. The highest BCUT2D eigenvalue weighted by Gasteiger charge is 2.12. The van der Waals surface area contributed by atoms with Crippen molar-refractivity contribution in [2.24, 2.45) is 0 Å². The molecule has 0 fully saturated rings. The van der Waals surface area contributed by atoms with Crippen molar-refractivity contribution in [3.8, 4) is 5.75 Å². The van der Waals surface area contributed by atoms with Gasteiger partial charge < -0.3 is 4.74 Å². The summed E-state index contributed by atoms with van der Waals surface area (Å²) in [5.74, 6) is 0.800. The van der Waals surface area contributed by atoms with Gasteiger partial charge in [-0.05, 0) is 36.1 Å². The molecule has 0 radical (unpaired) electrons. The van der Waals surface area contributed by atoms with Crippen molar-refractivity contribution in [1.29, 1.82) is 0 Å². The van der Waals surface area contributed by atoms with Gasteiger partial charge in [0.05, 0.1) is 0 Å². The van der Waals surface area contributed by atoms with E-state index in [0.717, 1.165) is 33.6 Å². The third-order valence-electron chi connectivity index (χ3n) is 3.13. The average Bonchev–Trinajstić information content (AvgIpc) is 2.93. The minimum Gasteiger partial charge on any atom is -0.483 e. The van der Waals surface area contributed by atoms with Crippen LogP contribution >= 0.6 is 27.3 Å². The first kappa shape index (κ1) is 17.9. The van der Waals surface area contributed by atoms with Crippen molar-refractivity contribution >= 4 is 38.3 Å². The van der Waals surface area contributed by atoms with Gasteiger partial charge in [0.2, 0.25) is 5.13 Å². The molecule has 1 aromatic carbocycles. The number of hydrogen-bond acceptors (Lipinski definition) is 5. The summed E-state index contributed by atoms with van der Waals surface area (Å²) >= 11 is 4.86. The van der Waals surface area contributed by atoms with Crippen molar-refractivity contribution in [3.63, 3.8) is 0 Å². The Labute approximate surface area is 148 Å². The van der Waals surface area contributed by atoms with Gasteiger partial charge in [-0.2, -0.15) is 0 Å². The summed E-state index contributed by atoms with van der Waals surface area (Å²) in [4.78, 5) is 12.0. The Morgan fingerprint density at radius 3 is 2.87 bits per heavy atom. The maximum atomic E-state index is 12.0. The second kappa shape index (κ2) is 8.40. The molecule has 1 N–H and O–H groups in total. The zero-order valence-electron chi connectivity index (χ0n) is 13.4. The van der Waals surface area contributed by atoms with Gasteiger partial charge in [0.25, 0.3) is 5.91 Å². The van der Waals surface area contributed by atoms with E-state index in [1.165, 1.54) is 11.3 Å². The van der Waals surface area contributed by atoms with Crippen LogP contribution in [0, 0.1) is 0 Å². The lowest BCUT2D eigenvalue weighted by molar-refractivity contribution is -0.118.